The molecule has 18 heavy (non-hydrogen) atoms. The predicted octanol–water partition coefficient (Wildman–Crippen LogP) is 2.52. The number of aryl methyl sites for hydroxylation is 1. The van der Waals surface area contributed by atoms with E-state index in [9.17, 15) is 4.79 Å². The van der Waals surface area contributed by atoms with E-state index in [-0.39, 0.29) is 5.91 Å². The van der Waals surface area contributed by atoms with Gasteiger partial charge in [0.2, 0.25) is 0 Å². The molecule has 4 heteroatoms. The van der Waals surface area contributed by atoms with Gasteiger partial charge in [-0.3, -0.25) is 4.79 Å². The average molecular weight is 267 g/mol. The molecular weight excluding hydrogens is 248 g/mol. The fourth-order valence-corrected chi connectivity index (χ4v) is 1.90. The standard InChI is InChI=1S/C14H19ClN2O/c1-10-3-4-11(9-13(10)15)14(18)17-8-2-7-16-12-5-6-12/h3-4,9,12,16H,2,5-8H2,1H3,(H,17,18). The normalized spacial score (nSPS) is 14.6. The van der Waals surface area contributed by atoms with Gasteiger partial charge in [0, 0.05) is 23.2 Å². The van der Waals surface area contributed by atoms with Gasteiger partial charge < -0.3 is 10.6 Å². The van der Waals surface area contributed by atoms with E-state index in [4.69, 9.17) is 11.6 Å². The van der Waals surface area contributed by atoms with E-state index in [0.717, 1.165) is 24.6 Å². The number of carbonyl (C=O) groups excluding carboxylic acids is 1. The van der Waals surface area contributed by atoms with Gasteiger partial charge in [-0.25, -0.2) is 0 Å². The van der Waals surface area contributed by atoms with E-state index in [1.807, 2.05) is 13.0 Å². The van der Waals surface area contributed by atoms with Crippen molar-refractivity contribution in [1.29, 1.82) is 0 Å². The van der Waals surface area contributed by atoms with Crippen molar-refractivity contribution in [2.75, 3.05) is 13.1 Å². The minimum absolute atomic E-state index is 0.0525. The first-order chi connectivity index (χ1) is 8.66. The van der Waals surface area contributed by atoms with Crippen molar-refractivity contribution in [2.24, 2.45) is 0 Å². The van der Waals surface area contributed by atoms with Crippen molar-refractivity contribution in [3.63, 3.8) is 0 Å². The summed E-state index contributed by atoms with van der Waals surface area (Å²) in [6.45, 7) is 3.59. The van der Waals surface area contributed by atoms with Gasteiger partial charge >= 0.3 is 0 Å². The lowest BCUT2D eigenvalue weighted by molar-refractivity contribution is 0.0953. The molecule has 0 unspecified atom stereocenters. The van der Waals surface area contributed by atoms with E-state index in [0.29, 0.717) is 17.1 Å². The van der Waals surface area contributed by atoms with Crippen LogP contribution in [0.25, 0.3) is 0 Å². The fraction of sp³-hybridized carbons (Fsp3) is 0.500. The SMILES string of the molecule is Cc1ccc(C(=O)NCCCNC2CC2)cc1Cl. The molecule has 0 saturated heterocycles. The van der Waals surface area contributed by atoms with E-state index >= 15 is 0 Å². The highest BCUT2D eigenvalue weighted by Gasteiger charge is 2.19. The lowest BCUT2D eigenvalue weighted by Crippen LogP contribution is -2.27. The molecular formula is C14H19ClN2O. The quantitative estimate of drug-likeness (QED) is 0.777. The third kappa shape index (κ3) is 4.00. The molecule has 1 saturated carbocycles. The van der Waals surface area contributed by atoms with Crippen LogP contribution in [0.1, 0.15) is 35.2 Å². The van der Waals surface area contributed by atoms with Crippen molar-refractivity contribution in [3.05, 3.63) is 34.3 Å². The topological polar surface area (TPSA) is 41.1 Å². The van der Waals surface area contributed by atoms with Crippen molar-refractivity contribution < 1.29 is 4.79 Å². The zero-order valence-corrected chi connectivity index (χ0v) is 11.4. The number of nitrogens with one attached hydrogen (secondary N) is 2. The van der Waals surface area contributed by atoms with Crippen molar-refractivity contribution in [3.8, 4) is 0 Å². The molecule has 0 aliphatic heterocycles. The molecule has 2 N–H and O–H groups in total. The van der Waals surface area contributed by atoms with Gasteiger partial charge in [0.25, 0.3) is 5.91 Å². The van der Waals surface area contributed by atoms with Crippen LogP contribution >= 0.6 is 11.6 Å². The third-order valence-corrected chi connectivity index (χ3v) is 3.49. The maximum Gasteiger partial charge on any atom is 0.251 e. The molecule has 98 valence electrons. The number of hydrogen-bond acceptors (Lipinski definition) is 2. The molecule has 0 radical (unpaired) electrons. The Morgan fingerprint density at radius 3 is 2.83 bits per heavy atom. The Balaban J connectivity index is 1.70. The Bertz CT molecular complexity index is 430. The number of rotatable bonds is 6. The average Bonchev–Trinajstić information content (AvgIpc) is 3.16. The van der Waals surface area contributed by atoms with Crippen molar-refractivity contribution in [2.45, 2.75) is 32.2 Å². The minimum atomic E-state index is -0.0525. The number of hydrogen-bond donors (Lipinski definition) is 2. The molecule has 1 amide bonds. The van der Waals surface area contributed by atoms with Crippen LogP contribution in [-0.4, -0.2) is 25.0 Å². The van der Waals surface area contributed by atoms with E-state index in [1.165, 1.54) is 12.8 Å². The molecule has 0 bridgehead atoms. The minimum Gasteiger partial charge on any atom is -0.352 e. The Labute approximate surface area is 113 Å². The molecule has 0 spiro atoms. The van der Waals surface area contributed by atoms with Gasteiger partial charge in [0.05, 0.1) is 0 Å². The van der Waals surface area contributed by atoms with Gasteiger partial charge in [0.15, 0.2) is 0 Å². The second-order valence-electron chi connectivity index (χ2n) is 4.80. The second-order valence-corrected chi connectivity index (χ2v) is 5.21. The van der Waals surface area contributed by atoms with Crippen molar-refractivity contribution >= 4 is 17.5 Å². The molecule has 0 heterocycles. The first kappa shape index (κ1) is 13.4. The molecule has 3 nitrogen and oxygen atoms in total. The van der Waals surface area contributed by atoms with Gasteiger partial charge in [0.1, 0.15) is 0 Å². The lowest BCUT2D eigenvalue weighted by Gasteiger charge is -2.07. The van der Waals surface area contributed by atoms with Crippen LogP contribution in [-0.2, 0) is 0 Å². The van der Waals surface area contributed by atoms with Crippen LogP contribution in [0, 0.1) is 6.92 Å². The van der Waals surface area contributed by atoms with Crippen LogP contribution in [0.2, 0.25) is 5.02 Å². The summed E-state index contributed by atoms with van der Waals surface area (Å²) in [4.78, 5) is 11.8. The number of benzene rings is 1. The zero-order chi connectivity index (χ0) is 13.0. The van der Waals surface area contributed by atoms with Gasteiger partial charge in [-0.15, -0.1) is 0 Å². The molecule has 0 atom stereocenters. The number of amides is 1. The Hall–Kier alpha value is -1.06. The lowest BCUT2D eigenvalue weighted by atomic mass is 10.1. The van der Waals surface area contributed by atoms with Crippen LogP contribution < -0.4 is 10.6 Å². The summed E-state index contributed by atoms with van der Waals surface area (Å²) in [6.07, 6.45) is 3.56. The van der Waals surface area contributed by atoms with Gasteiger partial charge in [-0.05, 0) is 50.4 Å². The Morgan fingerprint density at radius 1 is 1.39 bits per heavy atom. The maximum absolute atomic E-state index is 11.8. The highest BCUT2D eigenvalue weighted by atomic mass is 35.5. The highest BCUT2D eigenvalue weighted by Crippen LogP contribution is 2.18. The zero-order valence-electron chi connectivity index (χ0n) is 10.6. The van der Waals surface area contributed by atoms with Crippen LogP contribution in [0.3, 0.4) is 0 Å². The highest BCUT2D eigenvalue weighted by molar-refractivity contribution is 6.31. The summed E-state index contributed by atoms with van der Waals surface area (Å²) in [5.74, 6) is -0.0525. The van der Waals surface area contributed by atoms with Crippen LogP contribution in [0.15, 0.2) is 18.2 Å². The van der Waals surface area contributed by atoms with Crippen LogP contribution in [0.5, 0.6) is 0 Å². The summed E-state index contributed by atoms with van der Waals surface area (Å²) in [5.41, 5.74) is 1.61. The molecule has 2 rings (SSSR count). The smallest absolute Gasteiger partial charge is 0.251 e. The van der Waals surface area contributed by atoms with Gasteiger partial charge in [-0.2, -0.15) is 0 Å². The molecule has 1 aliphatic carbocycles. The maximum atomic E-state index is 11.8. The van der Waals surface area contributed by atoms with Gasteiger partial charge in [-0.1, -0.05) is 17.7 Å². The van der Waals surface area contributed by atoms with Crippen LogP contribution in [0.4, 0.5) is 0 Å². The molecule has 1 aromatic carbocycles. The molecule has 1 aliphatic rings. The van der Waals surface area contributed by atoms with E-state index in [2.05, 4.69) is 10.6 Å². The predicted molar refractivity (Wildman–Crippen MR) is 74.2 cm³/mol. The molecule has 1 fully saturated rings. The second kappa shape index (κ2) is 6.21. The summed E-state index contributed by atoms with van der Waals surface area (Å²) in [7, 11) is 0. The Kier molecular flexibility index (Phi) is 4.61. The van der Waals surface area contributed by atoms with E-state index < -0.39 is 0 Å². The summed E-state index contributed by atoms with van der Waals surface area (Å²) >= 11 is 5.99. The molecule has 0 aromatic heterocycles. The summed E-state index contributed by atoms with van der Waals surface area (Å²) in [5, 5.41) is 6.95. The summed E-state index contributed by atoms with van der Waals surface area (Å²) in [6, 6.07) is 6.12. The third-order valence-electron chi connectivity index (χ3n) is 3.08. The summed E-state index contributed by atoms with van der Waals surface area (Å²) < 4.78 is 0. The first-order valence-corrected chi connectivity index (χ1v) is 6.82. The molecule has 1 aromatic rings. The number of carbonyl (C=O) groups is 1. The first-order valence-electron chi connectivity index (χ1n) is 6.44. The van der Waals surface area contributed by atoms with E-state index in [1.54, 1.807) is 12.1 Å². The number of halogens is 1. The monoisotopic (exact) mass is 266 g/mol. The van der Waals surface area contributed by atoms with Crippen molar-refractivity contribution in [1.82, 2.24) is 10.6 Å². The largest absolute Gasteiger partial charge is 0.352 e. The fourth-order valence-electron chi connectivity index (χ4n) is 1.72. The Morgan fingerprint density at radius 2 is 2.17 bits per heavy atom.